The lowest BCUT2D eigenvalue weighted by atomic mass is 10.2. The molecule has 0 fully saturated rings. The largest absolute Gasteiger partial charge is 0.485 e. The maximum atomic E-state index is 13.4. The summed E-state index contributed by atoms with van der Waals surface area (Å²) in [5.74, 6) is 0.238. The Kier molecular flexibility index (Phi) is 4.00. The molecule has 1 aliphatic rings. The molecule has 1 atom stereocenters. The van der Waals surface area contributed by atoms with Crippen molar-refractivity contribution in [2.45, 2.75) is 6.10 Å². The molecule has 1 N–H and O–H groups in total. The standard InChI is InChI=1S/C16H13FN2O3/c17-12-6-2-1-5-11(12)9-18-19-16(20)15-10-21-13-7-3-4-8-14(13)22-15/h1-9,15H,10H2,(H,19,20)/b18-9-. The number of carbonyl (C=O) groups excluding carboxylic acids is 1. The number of nitrogens with one attached hydrogen (secondary N) is 1. The molecular weight excluding hydrogens is 287 g/mol. The maximum Gasteiger partial charge on any atom is 0.284 e. The number of benzene rings is 2. The van der Waals surface area contributed by atoms with E-state index in [2.05, 4.69) is 10.5 Å². The summed E-state index contributed by atoms with van der Waals surface area (Å²) in [5, 5.41) is 3.73. The quantitative estimate of drug-likeness (QED) is 0.697. The zero-order chi connectivity index (χ0) is 15.4. The molecule has 6 heteroatoms. The van der Waals surface area contributed by atoms with Crippen LogP contribution < -0.4 is 14.9 Å². The van der Waals surface area contributed by atoms with Crippen LogP contribution in [0, 0.1) is 5.82 Å². The van der Waals surface area contributed by atoms with Crippen LogP contribution in [0.2, 0.25) is 0 Å². The summed E-state index contributed by atoms with van der Waals surface area (Å²) in [4.78, 5) is 12.0. The molecule has 0 spiro atoms. The summed E-state index contributed by atoms with van der Waals surface area (Å²) in [5.41, 5.74) is 2.60. The highest BCUT2D eigenvalue weighted by Gasteiger charge is 2.26. The molecule has 1 heterocycles. The summed E-state index contributed by atoms with van der Waals surface area (Å²) in [6.45, 7) is 0.0953. The van der Waals surface area contributed by atoms with E-state index in [1.807, 2.05) is 6.07 Å². The second-order valence-corrected chi connectivity index (χ2v) is 4.62. The van der Waals surface area contributed by atoms with Gasteiger partial charge in [-0.15, -0.1) is 0 Å². The lowest BCUT2D eigenvalue weighted by molar-refractivity contribution is -0.130. The van der Waals surface area contributed by atoms with E-state index in [1.165, 1.54) is 12.3 Å². The highest BCUT2D eigenvalue weighted by Crippen LogP contribution is 2.30. The Labute approximate surface area is 126 Å². The second-order valence-electron chi connectivity index (χ2n) is 4.62. The van der Waals surface area contributed by atoms with Crippen molar-refractivity contribution in [1.29, 1.82) is 0 Å². The lowest BCUT2D eigenvalue weighted by Crippen LogP contribution is -2.42. The molecule has 0 aromatic heterocycles. The van der Waals surface area contributed by atoms with Crippen LogP contribution in [0.5, 0.6) is 11.5 Å². The van der Waals surface area contributed by atoms with Crippen molar-refractivity contribution in [2.75, 3.05) is 6.61 Å². The van der Waals surface area contributed by atoms with Crippen LogP contribution in [0.4, 0.5) is 4.39 Å². The van der Waals surface area contributed by atoms with Crippen molar-refractivity contribution < 1.29 is 18.7 Å². The first-order chi connectivity index (χ1) is 10.7. The second kappa shape index (κ2) is 6.26. The SMILES string of the molecule is O=C(N/N=C\c1ccccc1F)C1COc2ccccc2O1. The fourth-order valence-corrected chi connectivity index (χ4v) is 1.97. The maximum absolute atomic E-state index is 13.4. The van der Waals surface area contributed by atoms with Crippen molar-refractivity contribution in [2.24, 2.45) is 5.10 Å². The van der Waals surface area contributed by atoms with Gasteiger partial charge in [0.25, 0.3) is 5.91 Å². The number of hydrogen-bond acceptors (Lipinski definition) is 4. The van der Waals surface area contributed by atoms with E-state index in [0.29, 0.717) is 11.5 Å². The van der Waals surface area contributed by atoms with Crippen LogP contribution in [0.25, 0.3) is 0 Å². The Morgan fingerprint density at radius 3 is 2.73 bits per heavy atom. The van der Waals surface area contributed by atoms with E-state index in [4.69, 9.17) is 9.47 Å². The Balaban J connectivity index is 1.60. The highest BCUT2D eigenvalue weighted by molar-refractivity contribution is 5.85. The fraction of sp³-hybridized carbons (Fsp3) is 0.125. The average molecular weight is 300 g/mol. The molecule has 1 amide bonds. The number of nitrogens with zero attached hydrogens (tertiary/aromatic N) is 1. The zero-order valence-corrected chi connectivity index (χ0v) is 11.5. The van der Waals surface area contributed by atoms with Crippen molar-refractivity contribution in [1.82, 2.24) is 5.43 Å². The van der Waals surface area contributed by atoms with E-state index in [0.717, 1.165) is 0 Å². The molecule has 0 saturated heterocycles. The topological polar surface area (TPSA) is 59.9 Å². The van der Waals surface area contributed by atoms with Gasteiger partial charge in [0.2, 0.25) is 6.10 Å². The fourth-order valence-electron chi connectivity index (χ4n) is 1.97. The van der Waals surface area contributed by atoms with E-state index < -0.39 is 17.8 Å². The van der Waals surface area contributed by atoms with Gasteiger partial charge >= 0.3 is 0 Å². The number of carbonyl (C=O) groups is 1. The minimum atomic E-state index is -0.798. The van der Waals surface area contributed by atoms with Gasteiger partial charge in [-0.2, -0.15) is 5.10 Å². The Morgan fingerprint density at radius 2 is 1.91 bits per heavy atom. The molecule has 1 aliphatic heterocycles. The van der Waals surface area contributed by atoms with Gasteiger partial charge in [-0.25, -0.2) is 9.82 Å². The predicted octanol–water partition coefficient (Wildman–Crippen LogP) is 2.12. The minimum Gasteiger partial charge on any atom is -0.485 e. The third-order valence-electron chi connectivity index (χ3n) is 3.08. The first-order valence-corrected chi connectivity index (χ1v) is 6.70. The van der Waals surface area contributed by atoms with Crippen LogP contribution in [0.15, 0.2) is 53.6 Å². The van der Waals surface area contributed by atoms with Gasteiger partial charge in [0.1, 0.15) is 12.4 Å². The van der Waals surface area contributed by atoms with Crippen molar-refractivity contribution in [3.05, 3.63) is 59.9 Å². The number of halogens is 1. The van der Waals surface area contributed by atoms with Gasteiger partial charge in [-0.05, 0) is 18.2 Å². The summed E-state index contributed by atoms with van der Waals surface area (Å²) < 4.78 is 24.4. The zero-order valence-electron chi connectivity index (χ0n) is 11.5. The van der Waals surface area contributed by atoms with Crippen LogP contribution in [0.1, 0.15) is 5.56 Å². The molecule has 5 nitrogen and oxygen atoms in total. The molecule has 0 radical (unpaired) electrons. The summed E-state index contributed by atoms with van der Waals surface area (Å²) in [6, 6.07) is 13.2. The molecule has 0 bridgehead atoms. The van der Waals surface area contributed by atoms with Crippen molar-refractivity contribution in [3.8, 4) is 11.5 Å². The number of ether oxygens (including phenoxy) is 2. The molecule has 0 saturated carbocycles. The predicted molar refractivity (Wildman–Crippen MR) is 78.5 cm³/mol. The van der Waals surface area contributed by atoms with Gasteiger partial charge in [0.15, 0.2) is 11.5 Å². The number of fused-ring (bicyclic) bond motifs is 1. The molecule has 22 heavy (non-hydrogen) atoms. The molecule has 1 unspecified atom stereocenters. The van der Waals surface area contributed by atoms with Gasteiger partial charge in [0, 0.05) is 5.56 Å². The number of hydrogen-bond donors (Lipinski definition) is 1. The number of rotatable bonds is 3. The third-order valence-corrected chi connectivity index (χ3v) is 3.08. The molecule has 0 aliphatic carbocycles. The van der Waals surface area contributed by atoms with Crippen molar-refractivity contribution in [3.63, 3.8) is 0 Å². The van der Waals surface area contributed by atoms with Crippen LogP contribution in [0.3, 0.4) is 0 Å². The average Bonchev–Trinajstić information content (AvgIpc) is 2.56. The van der Waals surface area contributed by atoms with Gasteiger partial charge < -0.3 is 9.47 Å². The molecule has 2 aromatic rings. The first-order valence-electron chi connectivity index (χ1n) is 6.70. The first kappa shape index (κ1) is 14.1. The van der Waals surface area contributed by atoms with Crippen LogP contribution in [-0.2, 0) is 4.79 Å². The third kappa shape index (κ3) is 3.06. The molecular formula is C16H13FN2O3. The monoisotopic (exact) mass is 300 g/mol. The molecule has 112 valence electrons. The summed E-state index contributed by atoms with van der Waals surface area (Å²) in [6.07, 6.45) is 0.442. The molecule has 3 rings (SSSR count). The van der Waals surface area contributed by atoms with Gasteiger partial charge in [-0.1, -0.05) is 30.3 Å². The minimum absolute atomic E-state index is 0.0953. The van der Waals surface area contributed by atoms with Crippen LogP contribution in [-0.4, -0.2) is 24.8 Å². The van der Waals surface area contributed by atoms with E-state index >= 15 is 0 Å². The van der Waals surface area contributed by atoms with Crippen molar-refractivity contribution >= 4 is 12.1 Å². The lowest BCUT2D eigenvalue weighted by Gasteiger charge is -2.24. The molecule has 2 aromatic carbocycles. The highest BCUT2D eigenvalue weighted by atomic mass is 19.1. The van der Waals surface area contributed by atoms with E-state index in [1.54, 1.807) is 36.4 Å². The number of amides is 1. The number of hydrazone groups is 1. The summed E-state index contributed by atoms with van der Waals surface area (Å²) >= 11 is 0. The number of para-hydroxylation sites is 2. The Bertz CT molecular complexity index is 718. The van der Waals surface area contributed by atoms with Gasteiger partial charge in [-0.3, -0.25) is 4.79 Å². The van der Waals surface area contributed by atoms with Crippen LogP contribution >= 0.6 is 0 Å². The Morgan fingerprint density at radius 1 is 1.18 bits per heavy atom. The normalized spacial score (nSPS) is 16.5. The van der Waals surface area contributed by atoms with Gasteiger partial charge in [0.05, 0.1) is 6.21 Å². The smallest absolute Gasteiger partial charge is 0.284 e. The Hall–Kier alpha value is -2.89. The van der Waals surface area contributed by atoms with E-state index in [9.17, 15) is 9.18 Å². The van der Waals surface area contributed by atoms with E-state index in [-0.39, 0.29) is 12.2 Å². The summed E-state index contributed by atoms with van der Waals surface area (Å²) in [7, 11) is 0.